The maximum Gasteiger partial charge on any atom is 0.273 e. The van der Waals surface area contributed by atoms with E-state index < -0.39 is 28.4 Å². The van der Waals surface area contributed by atoms with Gasteiger partial charge >= 0.3 is 0 Å². The van der Waals surface area contributed by atoms with Gasteiger partial charge < -0.3 is 25.4 Å². The number of rotatable bonds is 8. The normalized spacial score (nSPS) is 21.9. The fraction of sp³-hybridized carbons (Fsp3) is 0.476. The van der Waals surface area contributed by atoms with Gasteiger partial charge in [-0.25, -0.2) is 13.4 Å². The summed E-state index contributed by atoms with van der Waals surface area (Å²) in [4.78, 5) is 29.1. The molecule has 3 heterocycles. The van der Waals surface area contributed by atoms with Gasteiger partial charge in [0.2, 0.25) is 5.91 Å². The molecular weight excluding hydrogens is 464 g/mol. The fourth-order valence-electron chi connectivity index (χ4n) is 3.89. The maximum absolute atomic E-state index is 12.6. The molecule has 2 aromatic rings. The van der Waals surface area contributed by atoms with Gasteiger partial charge in [0, 0.05) is 35.4 Å². The van der Waals surface area contributed by atoms with Crippen LogP contribution in [0.1, 0.15) is 33.9 Å². The van der Waals surface area contributed by atoms with Crippen molar-refractivity contribution in [3.05, 3.63) is 24.0 Å². The van der Waals surface area contributed by atoms with Gasteiger partial charge in [-0.05, 0) is 24.7 Å². The van der Waals surface area contributed by atoms with E-state index in [1.165, 1.54) is 18.3 Å². The number of carbonyl (C=O) groups is 2. The van der Waals surface area contributed by atoms with Gasteiger partial charge in [0.25, 0.3) is 5.91 Å². The molecule has 180 valence electrons. The summed E-state index contributed by atoms with van der Waals surface area (Å²) >= 11 is 0. The van der Waals surface area contributed by atoms with Crippen molar-refractivity contribution in [1.82, 2.24) is 20.5 Å². The van der Waals surface area contributed by atoms with Crippen molar-refractivity contribution in [2.75, 3.05) is 37.1 Å². The van der Waals surface area contributed by atoms with E-state index in [9.17, 15) is 18.0 Å². The van der Waals surface area contributed by atoms with Crippen LogP contribution in [0.5, 0.6) is 5.75 Å². The highest BCUT2D eigenvalue weighted by Crippen LogP contribution is 2.70. The number of hydrogen-bond acceptors (Lipinski definition) is 10. The van der Waals surface area contributed by atoms with Gasteiger partial charge in [0.15, 0.2) is 21.3 Å². The second-order valence-electron chi connectivity index (χ2n) is 8.75. The number of carbonyl (C=O) groups excluding carboxylic acids is 2. The highest BCUT2D eigenvalue weighted by atomic mass is 32.2. The Labute approximate surface area is 200 Å². The average Bonchev–Trinajstić information content (AvgIpc) is 3.68. The van der Waals surface area contributed by atoms with Crippen LogP contribution in [-0.4, -0.2) is 68.0 Å². The second kappa shape index (κ2) is 8.17. The van der Waals surface area contributed by atoms with Crippen LogP contribution in [0, 0.1) is 11.3 Å². The van der Waals surface area contributed by atoms with Crippen LogP contribution in [0.2, 0.25) is 0 Å². The minimum atomic E-state index is -3.83. The predicted octanol–water partition coefficient (Wildman–Crippen LogP) is 0.894. The molecule has 3 N–H and O–H groups in total. The number of anilines is 3. The standard InChI is InChI=1S/C21H24N6O6S/c1-22-20(29)17-14(6-16(26-27-17)25-19(28)13-7-21(13)3-4-21)24-18-15(34(2,30)31)5-11(8-23-18)33-12-9-32-10-12/h5-6,8,12-13H,3-4,7,9-10H2,1-2H3,(H,22,29)(H2,23,24,25,26,28)/t13-/m1/s1/i1D3. The highest BCUT2D eigenvalue weighted by molar-refractivity contribution is 7.90. The summed E-state index contributed by atoms with van der Waals surface area (Å²) in [6, 6.07) is 2.55. The number of amides is 2. The zero-order chi connectivity index (χ0) is 26.6. The summed E-state index contributed by atoms with van der Waals surface area (Å²) in [7, 11) is -3.83. The Kier molecular flexibility index (Phi) is 4.57. The van der Waals surface area contributed by atoms with Crippen LogP contribution in [0.25, 0.3) is 0 Å². The van der Waals surface area contributed by atoms with Crippen LogP contribution in [0.3, 0.4) is 0 Å². The van der Waals surface area contributed by atoms with Crippen molar-refractivity contribution in [3.63, 3.8) is 0 Å². The number of pyridine rings is 1. The Morgan fingerprint density at radius 2 is 2.06 bits per heavy atom. The lowest BCUT2D eigenvalue weighted by molar-refractivity contribution is -0.117. The lowest BCUT2D eigenvalue weighted by Gasteiger charge is -2.26. The number of nitrogens with zero attached hydrogens (tertiary/aromatic N) is 3. The lowest BCUT2D eigenvalue weighted by atomic mass is 10.2. The van der Waals surface area contributed by atoms with E-state index in [0.717, 1.165) is 25.5 Å². The van der Waals surface area contributed by atoms with Crippen molar-refractivity contribution in [2.24, 2.45) is 11.3 Å². The molecule has 2 saturated carbocycles. The van der Waals surface area contributed by atoms with Crippen molar-refractivity contribution in [3.8, 4) is 5.75 Å². The average molecular weight is 492 g/mol. The van der Waals surface area contributed by atoms with Crippen LogP contribution < -0.4 is 20.7 Å². The molecule has 1 atom stereocenters. The number of aromatic nitrogens is 3. The molecule has 0 radical (unpaired) electrons. The lowest BCUT2D eigenvalue weighted by Crippen LogP contribution is -2.38. The molecule has 0 aromatic carbocycles. The van der Waals surface area contributed by atoms with Crippen molar-refractivity contribution < 1.29 is 31.6 Å². The van der Waals surface area contributed by atoms with Gasteiger partial charge in [0.1, 0.15) is 22.6 Å². The van der Waals surface area contributed by atoms with Gasteiger partial charge in [-0.15, -0.1) is 10.2 Å². The molecule has 2 amide bonds. The number of hydrogen-bond donors (Lipinski definition) is 3. The molecule has 13 heteroatoms. The van der Waals surface area contributed by atoms with Crippen LogP contribution in [-0.2, 0) is 19.4 Å². The maximum atomic E-state index is 12.6. The first kappa shape index (κ1) is 19.0. The van der Waals surface area contributed by atoms with E-state index in [1.807, 2.05) is 5.32 Å². The zero-order valence-corrected chi connectivity index (χ0v) is 18.9. The molecule has 1 spiro atoms. The first-order valence-corrected chi connectivity index (χ1v) is 12.4. The molecule has 12 nitrogen and oxygen atoms in total. The van der Waals surface area contributed by atoms with Crippen molar-refractivity contribution in [1.29, 1.82) is 0 Å². The molecule has 3 aliphatic rings. The van der Waals surface area contributed by atoms with E-state index in [-0.39, 0.29) is 51.3 Å². The fourth-order valence-corrected chi connectivity index (χ4v) is 4.67. The van der Waals surface area contributed by atoms with Crippen LogP contribution in [0.4, 0.5) is 17.3 Å². The van der Waals surface area contributed by atoms with Crippen LogP contribution in [0.15, 0.2) is 23.2 Å². The molecule has 3 fully saturated rings. The van der Waals surface area contributed by atoms with Gasteiger partial charge in [0.05, 0.1) is 25.1 Å². The summed E-state index contributed by atoms with van der Waals surface area (Å²) in [5, 5.41) is 14.9. The van der Waals surface area contributed by atoms with Gasteiger partial charge in [-0.3, -0.25) is 9.59 Å². The Bertz CT molecular complexity index is 1380. The van der Waals surface area contributed by atoms with Gasteiger partial charge in [-0.1, -0.05) is 0 Å². The number of sulfone groups is 1. The van der Waals surface area contributed by atoms with E-state index in [4.69, 9.17) is 13.6 Å². The molecular formula is C21H24N6O6S. The Morgan fingerprint density at radius 3 is 2.68 bits per heavy atom. The van der Waals surface area contributed by atoms with Crippen molar-refractivity contribution in [2.45, 2.75) is 30.3 Å². The molecule has 1 saturated heterocycles. The highest BCUT2D eigenvalue weighted by Gasteiger charge is 2.65. The van der Waals surface area contributed by atoms with Crippen LogP contribution >= 0.6 is 0 Å². The summed E-state index contributed by atoms with van der Waals surface area (Å²) < 4.78 is 57.7. The third-order valence-electron chi connectivity index (χ3n) is 6.16. The molecule has 1 aliphatic heterocycles. The smallest absolute Gasteiger partial charge is 0.273 e. The minimum absolute atomic E-state index is 0.00600. The zero-order valence-electron chi connectivity index (χ0n) is 21.1. The second-order valence-corrected chi connectivity index (χ2v) is 10.7. The van der Waals surface area contributed by atoms with E-state index >= 15 is 0 Å². The predicted molar refractivity (Wildman–Crippen MR) is 120 cm³/mol. The van der Waals surface area contributed by atoms with Gasteiger partial charge in [-0.2, -0.15) is 0 Å². The number of nitrogens with one attached hydrogen (secondary N) is 3. The quantitative estimate of drug-likeness (QED) is 0.483. The third-order valence-corrected chi connectivity index (χ3v) is 7.27. The topological polar surface area (TPSA) is 162 Å². The molecule has 2 aromatic heterocycles. The SMILES string of the molecule is [2H]C([2H])([2H])NC(=O)c1nnc(NC(=O)[C@H]2CC23CC3)cc1Nc1ncc(OC2COC2)cc1S(C)(=O)=O. The Morgan fingerprint density at radius 1 is 1.26 bits per heavy atom. The van der Waals surface area contributed by atoms with E-state index in [1.54, 1.807) is 0 Å². The summed E-state index contributed by atoms with van der Waals surface area (Å²) in [6.07, 6.45) is 4.88. The Balaban J connectivity index is 1.46. The summed E-state index contributed by atoms with van der Waals surface area (Å²) in [5.41, 5.74) is -0.447. The molecule has 34 heavy (non-hydrogen) atoms. The van der Waals surface area contributed by atoms with E-state index in [2.05, 4.69) is 25.8 Å². The Hall–Kier alpha value is -3.32. The first-order chi connectivity index (χ1) is 17.3. The first-order valence-electron chi connectivity index (χ1n) is 12.1. The minimum Gasteiger partial charge on any atom is -0.484 e. The largest absolute Gasteiger partial charge is 0.484 e. The van der Waals surface area contributed by atoms with E-state index in [0.29, 0.717) is 13.2 Å². The molecule has 0 bridgehead atoms. The molecule has 2 aliphatic carbocycles. The monoisotopic (exact) mass is 491 g/mol. The summed E-state index contributed by atoms with van der Waals surface area (Å²) in [6.45, 7) is -2.07. The number of ether oxygens (including phenoxy) is 2. The van der Waals surface area contributed by atoms with Crippen molar-refractivity contribution >= 4 is 39.0 Å². The molecule has 5 rings (SSSR count). The molecule has 0 unspecified atom stereocenters. The summed E-state index contributed by atoms with van der Waals surface area (Å²) in [5.74, 6) is -1.37. The third kappa shape index (κ3) is 4.40.